The van der Waals surface area contributed by atoms with Crippen LogP contribution < -0.4 is 0 Å². The first kappa shape index (κ1) is 5.87. The predicted molar refractivity (Wildman–Crippen MR) is 34.3 cm³/mol. The smallest absolute Gasteiger partial charge is 0.00407 e. The summed E-state index contributed by atoms with van der Waals surface area (Å²) in [5.74, 6) is 0. The molecule has 1 saturated carbocycles. The van der Waals surface area contributed by atoms with E-state index in [0.29, 0.717) is 0 Å². The highest BCUT2D eigenvalue weighted by Gasteiger charge is 2.58. The molecule has 0 saturated heterocycles. The summed E-state index contributed by atoms with van der Waals surface area (Å²) in [6.45, 7) is 15.9. The zero-order valence-electron chi connectivity index (χ0n) is 6.00. The molecule has 0 spiro atoms. The summed E-state index contributed by atoms with van der Waals surface area (Å²) < 4.78 is 0. The molecule has 0 heteroatoms. The molecule has 0 aromatic rings. The molecule has 8 heavy (non-hydrogen) atoms. The van der Waals surface area contributed by atoms with E-state index in [2.05, 4.69) is 27.7 Å². The molecular weight excluding hydrogens is 96.1 g/mol. The fraction of sp³-hybridized carbons (Fsp3) is 0.750. The molecule has 44 valence electrons. The van der Waals surface area contributed by atoms with Crippen LogP contribution in [0.4, 0.5) is 0 Å². The summed E-state index contributed by atoms with van der Waals surface area (Å²) in [6.07, 6.45) is 0. The monoisotopic (exact) mass is 108 g/mol. The van der Waals surface area contributed by atoms with Crippen LogP contribution in [0.5, 0.6) is 0 Å². The standard InChI is InChI=1S/C8H12/c1-6-7(2,3)8(6,4)5/h2-5H3. The average molecular weight is 108 g/mol. The minimum Gasteiger partial charge on any atom is -0.0553 e. The van der Waals surface area contributed by atoms with Crippen LogP contribution in [0.2, 0.25) is 0 Å². The third kappa shape index (κ3) is 0.367. The van der Waals surface area contributed by atoms with Crippen molar-refractivity contribution < 1.29 is 0 Å². The van der Waals surface area contributed by atoms with Gasteiger partial charge in [0.25, 0.3) is 0 Å². The SMILES string of the molecule is [C]=C1C(C)(C)C1(C)C. The van der Waals surface area contributed by atoms with Crippen LogP contribution in [0.15, 0.2) is 5.57 Å². The molecular formula is C8H12. The fourth-order valence-electron chi connectivity index (χ4n) is 1.03. The second-order valence-corrected chi connectivity index (χ2v) is 3.62. The molecule has 1 aliphatic rings. The van der Waals surface area contributed by atoms with Crippen LogP contribution in [-0.4, -0.2) is 0 Å². The topological polar surface area (TPSA) is 0 Å². The van der Waals surface area contributed by atoms with Gasteiger partial charge >= 0.3 is 0 Å². The average Bonchev–Trinajstić information content (AvgIpc) is 1.88. The highest BCUT2D eigenvalue weighted by Crippen LogP contribution is 2.66. The lowest BCUT2D eigenvalue weighted by molar-refractivity contribution is 0.457. The van der Waals surface area contributed by atoms with Crippen LogP contribution in [-0.2, 0) is 0 Å². The molecule has 0 bridgehead atoms. The molecule has 0 unspecified atom stereocenters. The Kier molecular flexibility index (Phi) is 0.750. The quantitative estimate of drug-likeness (QED) is 0.446. The molecule has 0 heterocycles. The third-order valence-electron chi connectivity index (χ3n) is 2.75. The predicted octanol–water partition coefficient (Wildman–Crippen LogP) is 2.29. The summed E-state index contributed by atoms with van der Waals surface area (Å²) in [5.41, 5.74) is 1.27. The Morgan fingerprint density at radius 1 is 1.00 bits per heavy atom. The Morgan fingerprint density at radius 3 is 1.12 bits per heavy atom. The van der Waals surface area contributed by atoms with Crippen LogP contribution in [0.25, 0.3) is 0 Å². The molecule has 1 fully saturated rings. The van der Waals surface area contributed by atoms with E-state index in [1.807, 2.05) is 0 Å². The van der Waals surface area contributed by atoms with E-state index in [4.69, 9.17) is 6.58 Å². The molecule has 0 N–H and O–H groups in total. The Bertz CT molecular complexity index is 122. The van der Waals surface area contributed by atoms with E-state index in [1.165, 1.54) is 0 Å². The van der Waals surface area contributed by atoms with Gasteiger partial charge in [0.1, 0.15) is 0 Å². The number of hydrogen-bond donors (Lipinski definition) is 0. The van der Waals surface area contributed by atoms with Crippen molar-refractivity contribution in [3.63, 3.8) is 0 Å². The Morgan fingerprint density at radius 2 is 1.12 bits per heavy atom. The van der Waals surface area contributed by atoms with Crippen molar-refractivity contribution in [1.82, 2.24) is 0 Å². The van der Waals surface area contributed by atoms with Gasteiger partial charge in [-0.15, -0.1) is 0 Å². The lowest BCUT2D eigenvalue weighted by Crippen LogP contribution is -1.95. The second kappa shape index (κ2) is 1.02. The molecule has 1 rings (SSSR count). The van der Waals surface area contributed by atoms with Gasteiger partial charge in [-0.05, 0) is 23.0 Å². The van der Waals surface area contributed by atoms with Crippen molar-refractivity contribution in [2.75, 3.05) is 0 Å². The Hall–Kier alpha value is -0.260. The summed E-state index contributed by atoms with van der Waals surface area (Å²) >= 11 is 0. The molecule has 1 aliphatic carbocycles. The van der Waals surface area contributed by atoms with Crippen molar-refractivity contribution >= 4 is 0 Å². The maximum Gasteiger partial charge on any atom is -0.00407 e. The van der Waals surface area contributed by atoms with Crippen molar-refractivity contribution in [3.05, 3.63) is 12.2 Å². The highest BCUT2D eigenvalue weighted by atomic mass is 14.6. The summed E-state index contributed by atoms with van der Waals surface area (Å²) in [5, 5.41) is 0. The Balaban J connectivity index is 2.88. The van der Waals surface area contributed by atoms with Crippen molar-refractivity contribution in [2.45, 2.75) is 27.7 Å². The first-order valence-electron chi connectivity index (χ1n) is 3.00. The van der Waals surface area contributed by atoms with Gasteiger partial charge in [0, 0.05) is 0 Å². The van der Waals surface area contributed by atoms with Crippen LogP contribution >= 0.6 is 0 Å². The summed E-state index contributed by atoms with van der Waals surface area (Å²) in [7, 11) is 0. The van der Waals surface area contributed by atoms with Gasteiger partial charge in [0.05, 0.1) is 0 Å². The molecule has 0 atom stereocenters. The van der Waals surface area contributed by atoms with Crippen molar-refractivity contribution in [1.29, 1.82) is 0 Å². The first-order chi connectivity index (χ1) is 3.40. The van der Waals surface area contributed by atoms with Gasteiger partial charge in [-0.3, -0.25) is 0 Å². The van der Waals surface area contributed by atoms with Gasteiger partial charge in [0.15, 0.2) is 0 Å². The Labute approximate surface area is 51.6 Å². The van der Waals surface area contributed by atoms with Gasteiger partial charge in [0.2, 0.25) is 0 Å². The molecule has 2 radical (unpaired) electrons. The van der Waals surface area contributed by atoms with Crippen molar-refractivity contribution in [3.8, 4) is 0 Å². The molecule has 0 aromatic carbocycles. The zero-order valence-corrected chi connectivity index (χ0v) is 6.00. The number of hydrogen-bond acceptors (Lipinski definition) is 0. The van der Waals surface area contributed by atoms with E-state index in [-0.39, 0.29) is 10.8 Å². The summed E-state index contributed by atoms with van der Waals surface area (Å²) in [4.78, 5) is 0. The second-order valence-electron chi connectivity index (χ2n) is 3.62. The minimum absolute atomic E-state index is 0.188. The van der Waals surface area contributed by atoms with Gasteiger partial charge in [-0.1, -0.05) is 27.7 Å². The lowest BCUT2D eigenvalue weighted by Gasteiger charge is -2.02. The summed E-state index contributed by atoms with van der Waals surface area (Å²) in [6, 6.07) is 0. The van der Waals surface area contributed by atoms with Gasteiger partial charge in [-0.2, -0.15) is 0 Å². The highest BCUT2D eigenvalue weighted by molar-refractivity contribution is 5.37. The maximum absolute atomic E-state index is 7.42. The minimum atomic E-state index is 0.188. The molecule has 0 aliphatic heterocycles. The van der Waals surface area contributed by atoms with E-state index >= 15 is 0 Å². The fourth-order valence-corrected chi connectivity index (χ4v) is 1.03. The zero-order chi connectivity index (χ0) is 6.58. The van der Waals surface area contributed by atoms with E-state index in [9.17, 15) is 0 Å². The van der Waals surface area contributed by atoms with Gasteiger partial charge < -0.3 is 0 Å². The number of allylic oxidation sites excluding steroid dienone is 1. The van der Waals surface area contributed by atoms with Crippen LogP contribution in [0, 0.1) is 17.4 Å². The molecule has 0 amide bonds. The normalized spacial score (nSPS) is 30.2. The molecule has 0 nitrogen and oxygen atoms in total. The van der Waals surface area contributed by atoms with E-state index in [1.54, 1.807) is 0 Å². The maximum atomic E-state index is 7.42. The first-order valence-corrected chi connectivity index (χ1v) is 3.00. The molecule has 0 aromatic heterocycles. The number of rotatable bonds is 0. The third-order valence-corrected chi connectivity index (χ3v) is 2.75. The van der Waals surface area contributed by atoms with Crippen molar-refractivity contribution in [2.24, 2.45) is 10.8 Å². The van der Waals surface area contributed by atoms with Crippen LogP contribution in [0.3, 0.4) is 0 Å². The van der Waals surface area contributed by atoms with E-state index in [0.717, 1.165) is 5.57 Å². The largest absolute Gasteiger partial charge is 0.0553 e. The van der Waals surface area contributed by atoms with Gasteiger partial charge in [-0.25, -0.2) is 0 Å². The van der Waals surface area contributed by atoms with Crippen LogP contribution in [0.1, 0.15) is 27.7 Å². The lowest BCUT2D eigenvalue weighted by atomic mass is 10.0. The van der Waals surface area contributed by atoms with E-state index < -0.39 is 0 Å².